The number of ether oxygens (including phenoxy) is 1. The topological polar surface area (TPSA) is 82.9 Å². The Hall–Kier alpha value is -2.03. The van der Waals surface area contributed by atoms with Crippen LogP contribution in [0.1, 0.15) is 39.2 Å². The molecule has 0 aliphatic rings. The molecule has 0 aromatic carbocycles. The first kappa shape index (κ1) is 15.0. The average molecular weight is 263 g/mol. The van der Waals surface area contributed by atoms with Crippen molar-refractivity contribution in [2.24, 2.45) is 0 Å². The first-order chi connectivity index (χ1) is 9.12. The van der Waals surface area contributed by atoms with Crippen molar-refractivity contribution >= 4 is 11.8 Å². The van der Waals surface area contributed by atoms with Gasteiger partial charge in [0.15, 0.2) is 11.4 Å². The Morgan fingerprint density at radius 2 is 2.11 bits per heavy atom. The summed E-state index contributed by atoms with van der Waals surface area (Å²) in [5.74, 6) is 1.27. The third-order valence-electron chi connectivity index (χ3n) is 2.42. The highest BCUT2D eigenvalue weighted by Gasteiger charge is 2.15. The molecule has 1 aromatic heterocycles. The predicted molar refractivity (Wildman–Crippen MR) is 75.5 cm³/mol. The molecule has 0 radical (unpaired) electrons. The van der Waals surface area contributed by atoms with Crippen molar-refractivity contribution in [2.75, 3.05) is 24.3 Å². The Kier molecular flexibility index (Phi) is 5.86. The van der Waals surface area contributed by atoms with E-state index in [1.807, 2.05) is 13.8 Å². The fourth-order valence-corrected chi connectivity index (χ4v) is 1.52. The van der Waals surface area contributed by atoms with Gasteiger partial charge in [0.2, 0.25) is 11.8 Å². The van der Waals surface area contributed by atoms with Gasteiger partial charge in [-0.3, -0.25) is 0 Å². The monoisotopic (exact) mass is 263 g/mol. The molecule has 0 aliphatic carbocycles. The number of rotatable bonds is 7. The predicted octanol–water partition coefficient (Wildman–Crippen LogP) is 2.39. The van der Waals surface area contributed by atoms with Gasteiger partial charge in [0.25, 0.3) is 0 Å². The summed E-state index contributed by atoms with van der Waals surface area (Å²) in [7, 11) is 1.50. The molecule has 0 atom stereocenters. The highest BCUT2D eigenvalue weighted by molar-refractivity contribution is 5.59. The molecule has 1 rings (SSSR count). The lowest BCUT2D eigenvalue weighted by molar-refractivity contribution is 0.396. The number of nitriles is 1. The van der Waals surface area contributed by atoms with Crippen molar-refractivity contribution in [3.05, 3.63) is 5.56 Å². The maximum atomic E-state index is 9.19. The highest BCUT2D eigenvalue weighted by Crippen LogP contribution is 2.24. The summed E-state index contributed by atoms with van der Waals surface area (Å²) in [6.07, 6.45) is 2.10. The Labute approximate surface area is 114 Å². The molecule has 104 valence electrons. The second-order valence-electron chi connectivity index (χ2n) is 4.47. The molecule has 0 aliphatic heterocycles. The van der Waals surface area contributed by atoms with Crippen LogP contribution in [0.4, 0.5) is 11.8 Å². The van der Waals surface area contributed by atoms with Crippen LogP contribution in [0.2, 0.25) is 0 Å². The van der Waals surface area contributed by atoms with Crippen LogP contribution >= 0.6 is 0 Å². The Morgan fingerprint density at radius 1 is 1.37 bits per heavy atom. The van der Waals surface area contributed by atoms with Crippen molar-refractivity contribution in [1.82, 2.24) is 9.97 Å². The zero-order valence-corrected chi connectivity index (χ0v) is 11.9. The summed E-state index contributed by atoms with van der Waals surface area (Å²) in [5.41, 5.74) is 0.341. The largest absolute Gasteiger partial charge is 0.480 e. The van der Waals surface area contributed by atoms with Gasteiger partial charge in [0.05, 0.1) is 7.11 Å². The van der Waals surface area contributed by atoms with E-state index in [4.69, 9.17) is 4.74 Å². The molecule has 1 aromatic rings. The number of methoxy groups -OCH3 is 1. The normalized spacial score (nSPS) is 10.1. The molecule has 19 heavy (non-hydrogen) atoms. The average Bonchev–Trinajstić information content (AvgIpc) is 2.37. The molecule has 0 bridgehead atoms. The molecule has 0 amide bonds. The Bertz CT molecular complexity index is 453. The van der Waals surface area contributed by atoms with E-state index in [-0.39, 0.29) is 6.04 Å². The van der Waals surface area contributed by atoms with Gasteiger partial charge in [-0.25, -0.2) is 0 Å². The number of hydrogen-bond donors (Lipinski definition) is 2. The lowest BCUT2D eigenvalue weighted by atomic mass is 10.3. The summed E-state index contributed by atoms with van der Waals surface area (Å²) >= 11 is 0. The second kappa shape index (κ2) is 7.41. The van der Waals surface area contributed by atoms with Crippen LogP contribution in [-0.4, -0.2) is 29.7 Å². The highest BCUT2D eigenvalue weighted by atomic mass is 16.5. The van der Waals surface area contributed by atoms with Gasteiger partial charge >= 0.3 is 0 Å². The lowest BCUT2D eigenvalue weighted by Crippen LogP contribution is -2.15. The van der Waals surface area contributed by atoms with E-state index in [1.165, 1.54) is 7.11 Å². The second-order valence-corrected chi connectivity index (χ2v) is 4.47. The molecule has 0 unspecified atom stereocenters. The molecule has 6 nitrogen and oxygen atoms in total. The molecule has 0 spiro atoms. The van der Waals surface area contributed by atoms with Crippen molar-refractivity contribution in [3.8, 4) is 11.9 Å². The van der Waals surface area contributed by atoms with E-state index >= 15 is 0 Å². The third-order valence-corrected chi connectivity index (χ3v) is 2.42. The fraction of sp³-hybridized carbons (Fsp3) is 0.615. The maximum absolute atomic E-state index is 9.19. The first-order valence-electron chi connectivity index (χ1n) is 6.48. The van der Waals surface area contributed by atoms with E-state index < -0.39 is 0 Å². The Balaban J connectivity index is 3.05. The number of unbranched alkanes of at least 4 members (excludes halogenated alkanes) is 1. The molecule has 1 heterocycles. The van der Waals surface area contributed by atoms with Crippen molar-refractivity contribution < 1.29 is 4.74 Å². The molecule has 6 heteroatoms. The quantitative estimate of drug-likeness (QED) is 0.735. The van der Waals surface area contributed by atoms with Gasteiger partial charge in [-0.2, -0.15) is 15.2 Å². The number of hydrogen-bond acceptors (Lipinski definition) is 6. The van der Waals surface area contributed by atoms with Crippen LogP contribution in [0.15, 0.2) is 0 Å². The Morgan fingerprint density at radius 3 is 2.63 bits per heavy atom. The van der Waals surface area contributed by atoms with Crippen molar-refractivity contribution in [2.45, 2.75) is 39.7 Å². The molecule has 0 fully saturated rings. The summed E-state index contributed by atoms with van der Waals surface area (Å²) in [5, 5.41) is 15.5. The first-order valence-corrected chi connectivity index (χ1v) is 6.48. The van der Waals surface area contributed by atoms with E-state index in [2.05, 4.69) is 33.6 Å². The van der Waals surface area contributed by atoms with E-state index in [9.17, 15) is 5.26 Å². The zero-order valence-electron chi connectivity index (χ0n) is 11.9. The van der Waals surface area contributed by atoms with Crippen LogP contribution in [0.25, 0.3) is 0 Å². The van der Waals surface area contributed by atoms with Crippen LogP contribution in [-0.2, 0) is 0 Å². The van der Waals surface area contributed by atoms with E-state index in [1.54, 1.807) is 0 Å². The summed E-state index contributed by atoms with van der Waals surface area (Å²) in [6.45, 7) is 6.88. The van der Waals surface area contributed by atoms with Gasteiger partial charge < -0.3 is 15.4 Å². The minimum atomic E-state index is 0.209. The van der Waals surface area contributed by atoms with Crippen molar-refractivity contribution in [1.29, 1.82) is 5.26 Å². The minimum Gasteiger partial charge on any atom is -0.480 e. The van der Waals surface area contributed by atoms with Gasteiger partial charge in [-0.05, 0) is 20.3 Å². The molecule has 0 saturated heterocycles. The molecular weight excluding hydrogens is 242 g/mol. The summed E-state index contributed by atoms with van der Waals surface area (Å²) < 4.78 is 5.15. The maximum Gasteiger partial charge on any atom is 0.238 e. The summed E-state index contributed by atoms with van der Waals surface area (Å²) in [4.78, 5) is 8.51. The lowest BCUT2D eigenvalue weighted by Gasteiger charge is -2.13. The molecule has 0 saturated carbocycles. The van der Waals surface area contributed by atoms with Gasteiger partial charge in [0.1, 0.15) is 6.07 Å². The third kappa shape index (κ3) is 4.28. The number of nitrogens with zero attached hydrogens (tertiary/aromatic N) is 3. The van der Waals surface area contributed by atoms with Crippen LogP contribution < -0.4 is 15.4 Å². The van der Waals surface area contributed by atoms with E-state index in [0.717, 1.165) is 19.4 Å². The van der Waals surface area contributed by atoms with Crippen LogP contribution in [0, 0.1) is 11.3 Å². The summed E-state index contributed by atoms with van der Waals surface area (Å²) in [6, 6.07) is 2.29. The zero-order chi connectivity index (χ0) is 14.3. The SMILES string of the molecule is CCCCNc1nc(NC(C)C)nc(OC)c1C#N. The number of anilines is 2. The number of nitrogens with one attached hydrogen (secondary N) is 2. The van der Waals surface area contributed by atoms with Crippen molar-refractivity contribution in [3.63, 3.8) is 0 Å². The smallest absolute Gasteiger partial charge is 0.238 e. The molecular formula is C13H21N5O. The van der Waals surface area contributed by atoms with Crippen LogP contribution in [0.3, 0.4) is 0 Å². The van der Waals surface area contributed by atoms with E-state index in [0.29, 0.717) is 23.2 Å². The molecule has 2 N–H and O–H groups in total. The standard InChI is InChI=1S/C13H21N5O/c1-5-6-7-15-11-10(8-14)12(19-4)18-13(17-11)16-9(2)3/h9H,5-7H2,1-4H3,(H2,15,16,17,18). The van der Waals surface area contributed by atoms with Crippen LogP contribution in [0.5, 0.6) is 5.88 Å². The van der Waals surface area contributed by atoms with Gasteiger partial charge in [0, 0.05) is 12.6 Å². The number of aromatic nitrogens is 2. The fourth-order valence-electron chi connectivity index (χ4n) is 1.52. The minimum absolute atomic E-state index is 0.209. The van der Waals surface area contributed by atoms with Gasteiger partial charge in [-0.15, -0.1) is 0 Å². The van der Waals surface area contributed by atoms with Gasteiger partial charge in [-0.1, -0.05) is 13.3 Å².